The summed E-state index contributed by atoms with van der Waals surface area (Å²) in [6.07, 6.45) is 0.931. The smallest absolute Gasteiger partial charge is 0.231 e. The standard InChI is InChI=1S/C12H10BrF2N3O/c13-9-7(1-2-8(14)10(9)15)11-17-12(19-18-11)6-3-4-16-5-6/h1-2,6,16H,3-5H2. The van der Waals surface area contributed by atoms with E-state index in [1.54, 1.807) is 0 Å². The van der Waals surface area contributed by atoms with Crippen molar-refractivity contribution in [3.05, 3.63) is 34.1 Å². The fraction of sp³-hybridized carbons (Fsp3) is 0.333. The number of benzene rings is 1. The monoisotopic (exact) mass is 329 g/mol. The van der Waals surface area contributed by atoms with Crippen molar-refractivity contribution in [1.82, 2.24) is 15.5 Å². The zero-order chi connectivity index (χ0) is 13.4. The van der Waals surface area contributed by atoms with E-state index in [2.05, 4.69) is 31.4 Å². The predicted octanol–water partition coefficient (Wildman–Crippen LogP) is 2.85. The van der Waals surface area contributed by atoms with Gasteiger partial charge in [-0.15, -0.1) is 0 Å². The Hall–Kier alpha value is -1.34. The van der Waals surface area contributed by atoms with Crippen molar-refractivity contribution < 1.29 is 13.3 Å². The van der Waals surface area contributed by atoms with Gasteiger partial charge in [0.05, 0.1) is 10.4 Å². The van der Waals surface area contributed by atoms with Crippen molar-refractivity contribution in [2.24, 2.45) is 0 Å². The van der Waals surface area contributed by atoms with Gasteiger partial charge in [0, 0.05) is 12.1 Å². The van der Waals surface area contributed by atoms with Gasteiger partial charge < -0.3 is 9.84 Å². The highest BCUT2D eigenvalue weighted by atomic mass is 79.9. The molecule has 1 aliphatic rings. The van der Waals surface area contributed by atoms with Crippen molar-refractivity contribution >= 4 is 15.9 Å². The molecule has 1 N–H and O–H groups in total. The number of hydrogen-bond acceptors (Lipinski definition) is 4. The lowest BCUT2D eigenvalue weighted by Gasteiger charge is -2.01. The third kappa shape index (κ3) is 2.28. The minimum absolute atomic E-state index is 0.00407. The van der Waals surface area contributed by atoms with Gasteiger partial charge in [0.25, 0.3) is 0 Å². The highest BCUT2D eigenvalue weighted by Gasteiger charge is 2.24. The zero-order valence-electron chi connectivity index (χ0n) is 9.79. The van der Waals surface area contributed by atoms with Crippen LogP contribution in [-0.4, -0.2) is 23.2 Å². The second-order valence-corrected chi connectivity index (χ2v) is 5.16. The summed E-state index contributed by atoms with van der Waals surface area (Å²) in [5.41, 5.74) is 0.375. The first-order valence-corrected chi connectivity index (χ1v) is 6.64. The lowest BCUT2D eigenvalue weighted by molar-refractivity contribution is 0.359. The van der Waals surface area contributed by atoms with Crippen LogP contribution in [0.25, 0.3) is 11.4 Å². The molecular weight excluding hydrogens is 320 g/mol. The summed E-state index contributed by atoms with van der Waals surface area (Å²) in [6, 6.07) is 2.46. The Morgan fingerprint density at radius 1 is 1.37 bits per heavy atom. The van der Waals surface area contributed by atoms with Crippen molar-refractivity contribution in [3.8, 4) is 11.4 Å². The molecule has 1 aromatic carbocycles. The number of nitrogens with one attached hydrogen (secondary N) is 1. The van der Waals surface area contributed by atoms with Gasteiger partial charge in [0.15, 0.2) is 11.6 Å². The molecule has 3 rings (SSSR count). The first kappa shape index (κ1) is 12.7. The molecule has 7 heteroatoms. The molecule has 0 bridgehead atoms. The van der Waals surface area contributed by atoms with Crippen molar-refractivity contribution in [3.63, 3.8) is 0 Å². The fourth-order valence-electron chi connectivity index (χ4n) is 2.07. The molecule has 0 saturated carbocycles. The second kappa shape index (κ2) is 4.97. The summed E-state index contributed by atoms with van der Waals surface area (Å²) in [5, 5.41) is 7.03. The largest absolute Gasteiger partial charge is 0.339 e. The molecule has 19 heavy (non-hydrogen) atoms. The minimum Gasteiger partial charge on any atom is -0.339 e. The Kier molecular flexibility index (Phi) is 3.32. The minimum atomic E-state index is -0.952. The van der Waals surface area contributed by atoms with Gasteiger partial charge in [-0.05, 0) is 41.0 Å². The Labute approximate surface area is 116 Å². The summed E-state index contributed by atoms with van der Waals surface area (Å²) >= 11 is 3.01. The summed E-state index contributed by atoms with van der Waals surface area (Å²) < 4.78 is 31.7. The Balaban J connectivity index is 1.96. The number of nitrogens with zero attached hydrogens (tertiary/aromatic N) is 2. The molecule has 1 aromatic heterocycles. The Bertz CT molecular complexity index is 611. The molecule has 1 fully saturated rings. The maximum atomic E-state index is 13.5. The van der Waals surface area contributed by atoms with E-state index in [4.69, 9.17) is 4.52 Å². The van der Waals surface area contributed by atoms with E-state index in [1.165, 1.54) is 6.07 Å². The predicted molar refractivity (Wildman–Crippen MR) is 67.6 cm³/mol. The van der Waals surface area contributed by atoms with Crippen LogP contribution >= 0.6 is 15.9 Å². The van der Waals surface area contributed by atoms with Crippen LogP contribution in [0.3, 0.4) is 0 Å². The number of rotatable bonds is 2. The average Bonchev–Trinajstić information content (AvgIpc) is 3.06. The highest BCUT2D eigenvalue weighted by molar-refractivity contribution is 9.10. The SMILES string of the molecule is Fc1ccc(-c2noc(C3CCNC3)n2)c(Br)c1F. The number of halogens is 3. The van der Waals surface area contributed by atoms with Gasteiger partial charge in [-0.3, -0.25) is 0 Å². The van der Waals surface area contributed by atoms with Gasteiger partial charge in [-0.1, -0.05) is 5.16 Å². The summed E-state index contributed by atoms with van der Waals surface area (Å²) in [7, 11) is 0. The molecule has 0 amide bonds. The van der Waals surface area contributed by atoms with E-state index < -0.39 is 11.6 Å². The summed E-state index contributed by atoms with van der Waals surface area (Å²) in [4.78, 5) is 4.26. The highest BCUT2D eigenvalue weighted by Crippen LogP contribution is 2.31. The lowest BCUT2D eigenvalue weighted by atomic mass is 10.1. The molecule has 1 saturated heterocycles. The fourth-order valence-corrected chi connectivity index (χ4v) is 2.57. The maximum Gasteiger partial charge on any atom is 0.231 e. The van der Waals surface area contributed by atoms with Crippen LogP contribution in [-0.2, 0) is 0 Å². The molecule has 100 valence electrons. The van der Waals surface area contributed by atoms with Crippen molar-refractivity contribution in [2.45, 2.75) is 12.3 Å². The van der Waals surface area contributed by atoms with E-state index in [0.717, 1.165) is 25.6 Å². The lowest BCUT2D eigenvalue weighted by Crippen LogP contribution is -2.08. The zero-order valence-corrected chi connectivity index (χ0v) is 11.4. The average molecular weight is 330 g/mol. The molecule has 4 nitrogen and oxygen atoms in total. The maximum absolute atomic E-state index is 13.5. The second-order valence-electron chi connectivity index (χ2n) is 4.37. The summed E-state index contributed by atoms with van der Waals surface area (Å²) in [6.45, 7) is 1.71. The molecule has 0 aliphatic carbocycles. The first-order chi connectivity index (χ1) is 9.16. The molecule has 0 radical (unpaired) electrons. The summed E-state index contributed by atoms with van der Waals surface area (Å²) in [5.74, 6) is -0.902. The van der Waals surface area contributed by atoms with Crippen LogP contribution < -0.4 is 5.32 Å². The quantitative estimate of drug-likeness (QED) is 0.861. The van der Waals surface area contributed by atoms with E-state index >= 15 is 0 Å². The van der Waals surface area contributed by atoms with Crippen LogP contribution in [0.5, 0.6) is 0 Å². The van der Waals surface area contributed by atoms with Crippen molar-refractivity contribution in [2.75, 3.05) is 13.1 Å². The van der Waals surface area contributed by atoms with E-state index in [-0.39, 0.29) is 16.2 Å². The van der Waals surface area contributed by atoms with Gasteiger partial charge in [-0.25, -0.2) is 8.78 Å². The van der Waals surface area contributed by atoms with Crippen LogP contribution in [0.1, 0.15) is 18.2 Å². The van der Waals surface area contributed by atoms with Crippen molar-refractivity contribution in [1.29, 1.82) is 0 Å². The Morgan fingerprint density at radius 2 is 2.21 bits per heavy atom. The van der Waals surface area contributed by atoms with Crippen LogP contribution in [0.4, 0.5) is 8.78 Å². The molecule has 2 aromatic rings. The van der Waals surface area contributed by atoms with E-state index in [0.29, 0.717) is 11.5 Å². The molecule has 2 heterocycles. The number of aromatic nitrogens is 2. The molecule has 0 spiro atoms. The molecular formula is C12H10BrF2N3O. The van der Waals surface area contributed by atoms with Gasteiger partial charge >= 0.3 is 0 Å². The van der Waals surface area contributed by atoms with Crippen LogP contribution in [0.15, 0.2) is 21.1 Å². The third-order valence-electron chi connectivity index (χ3n) is 3.13. The van der Waals surface area contributed by atoms with E-state index in [1.807, 2.05) is 0 Å². The Morgan fingerprint density at radius 3 is 2.95 bits per heavy atom. The third-order valence-corrected chi connectivity index (χ3v) is 3.90. The molecule has 1 unspecified atom stereocenters. The first-order valence-electron chi connectivity index (χ1n) is 5.85. The normalized spacial score (nSPS) is 19.0. The van der Waals surface area contributed by atoms with E-state index in [9.17, 15) is 8.78 Å². The molecule has 1 aliphatic heterocycles. The van der Waals surface area contributed by atoms with Gasteiger partial charge in [-0.2, -0.15) is 4.98 Å². The number of hydrogen-bond donors (Lipinski definition) is 1. The molecule has 1 atom stereocenters. The van der Waals surface area contributed by atoms with Gasteiger partial charge in [0.1, 0.15) is 0 Å². The topological polar surface area (TPSA) is 51.0 Å². The van der Waals surface area contributed by atoms with Crippen LogP contribution in [0.2, 0.25) is 0 Å². The van der Waals surface area contributed by atoms with Crippen LogP contribution in [0, 0.1) is 11.6 Å². The van der Waals surface area contributed by atoms with Gasteiger partial charge in [0.2, 0.25) is 11.7 Å².